The monoisotopic (exact) mass is 264 g/mol. The van der Waals surface area contributed by atoms with Gasteiger partial charge in [0.05, 0.1) is 18.5 Å². The lowest BCUT2D eigenvalue weighted by Crippen LogP contribution is -2.11. The molecule has 0 radical (unpaired) electrons. The highest BCUT2D eigenvalue weighted by Crippen LogP contribution is 2.31. The normalized spacial score (nSPS) is 10.5. The molecule has 1 aromatic heterocycles. The molecule has 0 fully saturated rings. The van der Waals surface area contributed by atoms with E-state index in [1.165, 1.54) is 0 Å². The van der Waals surface area contributed by atoms with Crippen LogP contribution >= 0.6 is 0 Å². The predicted octanol–water partition coefficient (Wildman–Crippen LogP) is 1.78. The zero-order valence-corrected chi connectivity index (χ0v) is 9.02. The van der Waals surface area contributed by atoms with Gasteiger partial charge in [0.15, 0.2) is 5.69 Å². The number of rotatable bonds is 4. The molecule has 0 aliphatic carbocycles. The summed E-state index contributed by atoms with van der Waals surface area (Å²) in [5.41, 5.74) is -2.88. The van der Waals surface area contributed by atoms with E-state index in [0.29, 0.717) is 6.07 Å². The van der Waals surface area contributed by atoms with Crippen LogP contribution < -0.4 is 0 Å². The molecular weight excluding hydrogens is 257 g/mol. The van der Waals surface area contributed by atoms with Crippen molar-refractivity contribution in [3.8, 4) is 0 Å². The van der Waals surface area contributed by atoms with E-state index >= 15 is 0 Å². The minimum atomic E-state index is -3.32. The van der Waals surface area contributed by atoms with Gasteiger partial charge in [-0.2, -0.15) is 4.39 Å². The third-order valence-electron chi connectivity index (χ3n) is 2.02. The topological polar surface area (TPSA) is 82.3 Å². The first-order valence-electron chi connectivity index (χ1n) is 4.55. The zero-order chi connectivity index (χ0) is 13.9. The summed E-state index contributed by atoms with van der Waals surface area (Å²) in [6.45, 7) is 0. The first-order chi connectivity index (χ1) is 8.36. The van der Waals surface area contributed by atoms with Crippen LogP contribution in [0.25, 0.3) is 0 Å². The second-order valence-electron chi connectivity index (χ2n) is 3.15. The number of nitro groups is 1. The van der Waals surface area contributed by atoms with Crippen molar-refractivity contribution in [1.29, 1.82) is 0 Å². The van der Waals surface area contributed by atoms with Gasteiger partial charge in [0, 0.05) is 11.6 Å². The lowest BCUT2D eigenvalue weighted by molar-refractivity contribution is -0.387. The van der Waals surface area contributed by atoms with Crippen molar-refractivity contribution in [2.45, 2.75) is 12.8 Å². The maximum Gasteiger partial charge on any atom is 0.310 e. The van der Waals surface area contributed by atoms with E-state index in [9.17, 15) is 28.1 Å². The van der Waals surface area contributed by atoms with Crippen LogP contribution in [0.5, 0.6) is 0 Å². The van der Waals surface area contributed by atoms with E-state index < -0.39 is 46.6 Å². The number of ether oxygens (including phenoxy) is 1. The molecule has 6 nitrogen and oxygen atoms in total. The fourth-order valence-electron chi connectivity index (χ4n) is 1.30. The highest BCUT2D eigenvalue weighted by molar-refractivity contribution is 5.74. The van der Waals surface area contributed by atoms with Gasteiger partial charge in [0.1, 0.15) is 0 Å². The van der Waals surface area contributed by atoms with Crippen molar-refractivity contribution in [3.63, 3.8) is 0 Å². The van der Waals surface area contributed by atoms with Crippen LogP contribution in [0.15, 0.2) is 6.07 Å². The fourth-order valence-corrected chi connectivity index (χ4v) is 1.30. The third-order valence-corrected chi connectivity index (χ3v) is 2.02. The Bertz CT molecular complexity index is 493. The molecule has 1 rings (SSSR count). The largest absolute Gasteiger partial charge is 0.469 e. The van der Waals surface area contributed by atoms with Gasteiger partial charge in [-0.15, -0.1) is 0 Å². The molecule has 0 spiro atoms. The molecule has 0 aliphatic rings. The summed E-state index contributed by atoms with van der Waals surface area (Å²) >= 11 is 0. The molecule has 0 saturated carbocycles. The number of hydrogen-bond acceptors (Lipinski definition) is 5. The Hall–Kier alpha value is -2.19. The third kappa shape index (κ3) is 2.93. The first kappa shape index (κ1) is 13.9. The Morgan fingerprint density at radius 1 is 1.61 bits per heavy atom. The summed E-state index contributed by atoms with van der Waals surface area (Å²) in [5.74, 6) is -2.24. The summed E-state index contributed by atoms with van der Waals surface area (Å²) in [7, 11) is 1.01. The van der Waals surface area contributed by atoms with Gasteiger partial charge in [-0.25, -0.2) is 13.8 Å². The number of halogens is 3. The van der Waals surface area contributed by atoms with Gasteiger partial charge in [-0.05, 0) is 0 Å². The lowest BCUT2D eigenvalue weighted by Gasteiger charge is -2.06. The molecule has 1 heterocycles. The number of hydrogen-bond donors (Lipinski definition) is 0. The maximum atomic E-state index is 13.0. The van der Waals surface area contributed by atoms with E-state index in [2.05, 4.69) is 9.72 Å². The van der Waals surface area contributed by atoms with Crippen molar-refractivity contribution >= 4 is 11.7 Å². The van der Waals surface area contributed by atoms with Crippen LogP contribution in [0, 0.1) is 16.1 Å². The number of aromatic nitrogens is 1. The number of methoxy groups -OCH3 is 1. The molecule has 0 aliphatic heterocycles. The number of pyridine rings is 1. The lowest BCUT2D eigenvalue weighted by atomic mass is 10.1. The van der Waals surface area contributed by atoms with Crippen LogP contribution in [0.1, 0.15) is 17.7 Å². The van der Waals surface area contributed by atoms with Crippen molar-refractivity contribution < 1.29 is 27.6 Å². The average molecular weight is 264 g/mol. The van der Waals surface area contributed by atoms with Crippen molar-refractivity contribution in [2.75, 3.05) is 7.11 Å². The van der Waals surface area contributed by atoms with Crippen LogP contribution in [-0.4, -0.2) is 23.0 Å². The Morgan fingerprint density at radius 2 is 2.22 bits per heavy atom. The minimum Gasteiger partial charge on any atom is -0.469 e. The molecular formula is C9H7F3N2O4. The second-order valence-corrected chi connectivity index (χ2v) is 3.15. The summed E-state index contributed by atoms with van der Waals surface area (Å²) in [4.78, 5) is 23.3. The van der Waals surface area contributed by atoms with Crippen molar-refractivity contribution in [3.05, 3.63) is 33.4 Å². The Morgan fingerprint density at radius 3 is 2.67 bits per heavy atom. The molecule has 98 valence electrons. The maximum absolute atomic E-state index is 13.0. The first-order valence-corrected chi connectivity index (χ1v) is 4.55. The Balaban J connectivity index is 3.38. The smallest absolute Gasteiger partial charge is 0.310 e. The van der Waals surface area contributed by atoms with Gasteiger partial charge in [0.25, 0.3) is 6.43 Å². The van der Waals surface area contributed by atoms with E-state index in [0.717, 1.165) is 7.11 Å². The van der Waals surface area contributed by atoms with Gasteiger partial charge < -0.3 is 4.74 Å². The number of esters is 1. The highest BCUT2D eigenvalue weighted by Gasteiger charge is 2.29. The SMILES string of the molecule is COC(=O)Cc1cc(F)nc(C(F)F)c1[N+](=O)[O-]. The molecule has 0 N–H and O–H groups in total. The number of carbonyl (C=O) groups excluding carboxylic acids is 1. The van der Waals surface area contributed by atoms with Crippen LogP contribution in [0.3, 0.4) is 0 Å². The van der Waals surface area contributed by atoms with Crippen molar-refractivity contribution in [1.82, 2.24) is 4.98 Å². The summed E-state index contributed by atoms with van der Waals surface area (Å²) in [5, 5.41) is 10.7. The summed E-state index contributed by atoms with van der Waals surface area (Å²) in [6.07, 6.45) is -4.01. The average Bonchev–Trinajstić information content (AvgIpc) is 2.27. The number of alkyl halides is 2. The predicted molar refractivity (Wildman–Crippen MR) is 51.5 cm³/mol. The minimum absolute atomic E-state index is 0.505. The molecule has 18 heavy (non-hydrogen) atoms. The highest BCUT2D eigenvalue weighted by atomic mass is 19.3. The Kier molecular flexibility index (Phi) is 4.18. The van der Waals surface area contributed by atoms with E-state index in [-0.39, 0.29) is 0 Å². The molecule has 0 aromatic carbocycles. The molecule has 0 bridgehead atoms. The van der Waals surface area contributed by atoms with E-state index in [1.807, 2.05) is 0 Å². The molecule has 9 heteroatoms. The van der Waals surface area contributed by atoms with E-state index in [1.54, 1.807) is 0 Å². The van der Waals surface area contributed by atoms with Gasteiger partial charge in [-0.1, -0.05) is 0 Å². The Labute approximate surface area is 98.5 Å². The summed E-state index contributed by atoms with van der Waals surface area (Å²) in [6, 6.07) is 0.556. The molecule has 0 saturated heterocycles. The summed E-state index contributed by atoms with van der Waals surface area (Å²) < 4.78 is 42.2. The van der Waals surface area contributed by atoms with Crippen LogP contribution in [0.4, 0.5) is 18.9 Å². The molecule has 1 aromatic rings. The molecule has 0 amide bonds. The quantitative estimate of drug-likeness (QED) is 0.358. The molecule has 0 atom stereocenters. The van der Waals surface area contributed by atoms with Crippen LogP contribution in [0.2, 0.25) is 0 Å². The second kappa shape index (κ2) is 5.43. The van der Waals surface area contributed by atoms with Crippen molar-refractivity contribution in [2.24, 2.45) is 0 Å². The van der Waals surface area contributed by atoms with Gasteiger partial charge in [0.2, 0.25) is 5.95 Å². The number of nitrogens with zero attached hydrogens (tertiary/aromatic N) is 2. The number of carbonyl (C=O) groups is 1. The fraction of sp³-hybridized carbons (Fsp3) is 0.333. The molecule has 0 unspecified atom stereocenters. The zero-order valence-electron chi connectivity index (χ0n) is 9.02. The standard InChI is InChI=1S/C9H7F3N2O4/c1-18-6(15)3-4-2-5(10)13-7(9(11)12)8(4)14(16)17/h2,9H,3H2,1H3. The van der Waals surface area contributed by atoms with Gasteiger partial charge in [-0.3, -0.25) is 14.9 Å². The van der Waals surface area contributed by atoms with E-state index in [4.69, 9.17) is 0 Å². The van der Waals surface area contributed by atoms with Gasteiger partial charge >= 0.3 is 11.7 Å². The van der Waals surface area contributed by atoms with Crippen LogP contribution in [-0.2, 0) is 16.0 Å².